The first-order chi connectivity index (χ1) is 9.06. The van der Waals surface area contributed by atoms with Crippen molar-refractivity contribution in [3.8, 4) is 5.75 Å². The standard InChI is InChI=1S/C13H15Cl2N3O/c1-3-18-13(11(19-2)7-17-18)12(16)8-4-9(14)6-10(15)5-8/h4-7,12H,3,16H2,1-2H3. The fourth-order valence-corrected chi connectivity index (χ4v) is 2.56. The Hall–Kier alpha value is -1.23. The molecule has 0 bridgehead atoms. The topological polar surface area (TPSA) is 53.1 Å². The van der Waals surface area contributed by atoms with Gasteiger partial charge >= 0.3 is 0 Å². The van der Waals surface area contributed by atoms with Crippen LogP contribution in [-0.4, -0.2) is 16.9 Å². The summed E-state index contributed by atoms with van der Waals surface area (Å²) < 4.78 is 7.11. The van der Waals surface area contributed by atoms with Crippen LogP contribution in [0.25, 0.3) is 0 Å². The molecule has 0 radical (unpaired) electrons. The van der Waals surface area contributed by atoms with Gasteiger partial charge in [-0.1, -0.05) is 23.2 Å². The molecule has 1 unspecified atom stereocenters. The molecule has 2 rings (SSSR count). The smallest absolute Gasteiger partial charge is 0.161 e. The maximum Gasteiger partial charge on any atom is 0.161 e. The first-order valence-electron chi connectivity index (χ1n) is 5.88. The molecule has 0 amide bonds. The summed E-state index contributed by atoms with van der Waals surface area (Å²) in [5, 5.41) is 5.35. The number of aromatic nitrogens is 2. The summed E-state index contributed by atoms with van der Waals surface area (Å²) in [5.41, 5.74) is 7.93. The molecule has 0 saturated heterocycles. The Kier molecular flexibility index (Phi) is 4.34. The second-order valence-electron chi connectivity index (χ2n) is 4.09. The maximum atomic E-state index is 6.29. The van der Waals surface area contributed by atoms with Crippen LogP contribution in [0.1, 0.15) is 24.2 Å². The minimum Gasteiger partial charge on any atom is -0.493 e. The van der Waals surface area contributed by atoms with Crippen LogP contribution in [0.5, 0.6) is 5.75 Å². The van der Waals surface area contributed by atoms with Crippen LogP contribution in [-0.2, 0) is 6.54 Å². The van der Waals surface area contributed by atoms with Crippen LogP contribution < -0.4 is 10.5 Å². The predicted octanol–water partition coefficient (Wildman–Crippen LogP) is 3.27. The lowest BCUT2D eigenvalue weighted by atomic mass is 10.0. The van der Waals surface area contributed by atoms with Crippen LogP contribution in [0.2, 0.25) is 10.0 Å². The second-order valence-corrected chi connectivity index (χ2v) is 4.97. The molecule has 102 valence electrons. The number of nitrogens with zero attached hydrogens (tertiary/aromatic N) is 2. The lowest BCUT2D eigenvalue weighted by Crippen LogP contribution is -2.18. The molecule has 0 aliphatic rings. The molecule has 0 aliphatic carbocycles. The van der Waals surface area contributed by atoms with Crippen molar-refractivity contribution >= 4 is 23.2 Å². The van der Waals surface area contributed by atoms with Gasteiger partial charge in [-0.05, 0) is 30.7 Å². The number of aryl methyl sites for hydroxylation is 1. The summed E-state index contributed by atoms with van der Waals surface area (Å²) in [6, 6.07) is 4.87. The number of rotatable bonds is 4. The van der Waals surface area contributed by atoms with Crippen molar-refractivity contribution in [2.75, 3.05) is 7.11 Å². The van der Waals surface area contributed by atoms with Gasteiger partial charge in [-0.15, -0.1) is 0 Å². The molecule has 1 heterocycles. The van der Waals surface area contributed by atoms with Gasteiger partial charge < -0.3 is 10.5 Å². The summed E-state index contributed by atoms with van der Waals surface area (Å²) >= 11 is 12.0. The molecule has 0 spiro atoms. The predicted molar refractivity (Wildman–Crippen MR) is 76.9 cm³/mol. The van der Waals surface area contributed by atoms with E-state index in [-0.39, 0.29) is 0 Å². The fourth-order valence-electron chi connectivity index (χ4n) is 2.01. The normalized spacial score (nSPS) is 12.5. The summed E-state index contributed by atoms with van der Waals surface area (Å²) in [6.07, 6.45) is 1.66. The van der Waals surface area contributed by atoms with Gasteiger partial charge in [-0.25, -0.2) is 0 Å². The van der Waals surface area contributed by atoms with E-state index in [9.17, 15) is 0 Å². The van der Waals surface area contributed by atoms with Gasteiger partial charge in [0.15, 0.2) is 5.75 Å². The molecule has 1 aromatic heterocycles. The van der Waals surface area contributed by atoms with E-state index in [1.165, 1.54) is 0 Å². The average Bonchev–Trinajstić information content (AvgIpc) is 2.79. The van der Waals surface area contributed by atoms with E-state index in [2.05, 4.69) is 5.10 Å². The van der Waals surface area contributed by atoms with Gasteiger partial charge in [0.2, 0.25) is 0 Å². The molecule has 2 aromatic rings. The summed E-state index contributed by atoms with van der Waals surface area (Å²) in [6.45, 7) is 2.70. The molecule has 2 N–H and O–H groups in total. The highest BCUT2D eigenvalue weighted by Gasteiger charge is 2.20. The van der Waals surface area contributed by atoms with Crippen molar-refractivity contribution in [2.24, 2.45) is 5.73 Å². The van der Waals surface area contributed by atoms with Crippen molar-refractivity contribution < 1.29 is 4.74 Å². The van der Waals surface area contributed by atoms with Gasteiger partial charge in [0.25, 0.3) is 0 Å². The minimum atomic E-state index is -0.395. The number of benzene rings is 1. The van der Waals surface area contributed by atoms with Gasteiger partial charge in [-0.2, -0.15) is 5.10 Å². The number of methoxy groups -OCH3 is 1. The van der Waals surface area contributed by atoms with E-state index in [1.807, 2.05) is 6.92 Å². The highest BCUT2D eigenvalue weighted by atomic mass is 35.5. The molecular weight excluding hydrogens is 285 g/mol. The molecule has 1 atom stereocenters. The Bertz CT molecular complexity index is 542. The fraction of sp³-hybridized carbons (Fsp3) is 0.308. The Morgan fingerprint density at radius 2 is 1.95 bits per heavy atom. The van der Waals surface area contributed by atoms with Gasteiger partial charge in [0.1, 0.15) is 5.69 Å². The van der Waals surface area contributed by atoms with E-state index in [1.54, 1.807) is 36.2 Å². The lowest BCUT2D eigenvalue weighted by molar-refractivity contribution is 0.404. The van der Waals surface area contributed by atoms with Gasteiger partial charge in [0.05, 0.1) is 19.3 Å². The zero-order chi connectivity index (χ0) is 14.0. The van der Waals surface area contributed by atoms with Crippen molar-refractivity contribution in [2.45, 2.75) is 19.5 Å². The molecule has 19 heavy (non-hydrogen) atoms. The zero-order valence-corrected chi connectivity index (χ0v) is 12.2. The van der Waals surface area contributed by atoms with E-state index in [0.717, 1.165) is 11.3 Å². The number of ether oxygens (including phenoxy) is 1. The van der Waals surface area contributed by atoms with Crippen molar-refractivity contribution in [1.82, 2.24) is 9.78 Å². The van der Waals surface area contributed by atoms with Crippen LogP contribution in [0.4, 0.5) is 0 Å². The lowest BCUT2D eigenvalue weighted by Gasteiger charge is -2.16. The molecular formula is C13H15Cl2N3O. The Morgan fingerprint density at radius 1 is 1.32 bits per heavy atom. The van der Waals surface area contributed by atoms with E-state index >= 15 is 0 Å². The first kappa shape index (κ1) is 14.2. The van der Waals surface area contributed by atoms with Crippen LogP contribution in [0.15, 0.2) is 24.4 Å². The van der Waals surface area contributed by atoms with Crippen LogP contribution >= 0.6 is 23.2 Å². The largest absolute Gasteiger partial charge is 0.493 e. The Morgan fingerprint density at radius 3 is 2.47 bits per heavy atom. The van der Waals surface area contributed by atoms with E-state index in [0.29, 0.717) is 22.3 Å². The molecule has 6 heteroatoms. The van der Waals surface area contributed by atoms with Crippen molar-refractivity contribution in [3.05, 3.63) is 45.7 Å². The molecule has 0 saturated carbocycles. The average molecular weight is 300 g/mol. The monoisotopic (exact) mass is 299 g/mol. The molecule has 0 aliphatic heterocycles. The number of hydrogen-bond donors (Lipinski definition) is 1. The van der Waals surface area contributed by atoms with Crippen LogP contribution in [0.3, 0.4) is 0 Å². The van der Waals surface area contributed by atoms with E-state index < -0.39 is 6.04 Å². The van der Waals surface area contributed by atoms with Crippen LogP contribution in [0, 0.1) is 0 Å². The first-order valence-corrected chi connectivity index (χ1v) is 6.63. The van der Waals surface area contributed by atoms with Crippen molar-refractivity contribution in [1.29, 1.82) is 0 Å². The highest BCUT2D eigenvalue weighted by molar-refractivity contribution is 6.34. The summed E-state index contributed by atoms with van der Waals surface area (Å²) in [7, 11) is 1.60. The number of halogens is 2. The third-order valence-corrected chi connectivity index (χ3v) is 3.34. The van der Waals surface area contributed by atoms with E-state index in [4.69, 9.17) is 33.7 Å². The highest BCUT2D eigenvalue weighted by Crippen LogP contribution is 2.31. The number of hydrogen-bond acceptors (Lipinski definition) is 3. The molecule has 0 fully saturated rings. The SMILES string of the molecule is CCn1ncc(OC)c1C(N)c1cc(Cl)cc(Cl)c1. The zero-order valence-electron chi connectivity index (χ0n) is 10.7. The van der Waals surface area contributed by atoms with Crippen molar-refractivity contribution in [3.63, 3.8) is 0 Å². The third kappa shape index (κ3) is 2.86. The minimum absolute atomic E-state index is 0.395. The second kappa shape index (κ2) is 5.82. The quantitative estimate of drug-likeness (QED) is 0.943. The van der Waals surface area contributed by atoms with Gasteiger partial charge in [-0.3, -0.25) is 4.68 Å². The van der Waals surface area contributed by atoms with Gasteiger partial charge in [0, 0.05) is 16.6 Å². The molecule has 4 nitrogen and oxygen atoms in total. The summed E-state index contributed by atoms with van der Waals surface area (Å²) in [5.74, 6) is 0.658. The molecule has 1 aromatic carbocycles. The summed E-state index contributed by atoms with van der Waals surface area (Å²) in [4.78, 5) is 0. The number of nitrogens with two attached hydrogens (primary N) is 1. The Balaban J connectivity index is 2.48. The Labute approximate surface area is 122 Å². The third-order valence-electron chi connectivity index (χ3n) is 2.90. The maximum absolute atomic E-state index is 6.29.